The van der Waals surface area contributed by atoms with Crippen LogP contribution in [0.15, 0.2) is 29.8 Å². The number of rotatable bonds is 13. The average molecular weight is 749 g/mol. The number of nitrogens with zero attached hydrogens (tertiary/aromatic N) is 5. The topological polar surface area (TPSA) is 163 Å². The molecule has 3 aromatic rings. The summed E-state index contributed by atoms with van der Waals surface area (Å²) in [6.45, 7) is 23.5. The van der Waals surface area contributed by atoms with Gasteiger partial charge in [-0.05, 0) is 62.6 Å². The number of H-pyrrole nitrogens is 1. The van der Waals surface area contributed by atoms with Gasteiger partial charge >= 0.3 is 12.1 Å². The molecule has 0 aliphatic heterocycles. The van der Waals surface area contributed by atoms with Gasteiger partial charge in [0.2, 0.25) is 11.8 Å². The van der Waals surface area contributed by atoms with Crippen LogP contribution in [0.3, 0.4) is 0 Å². The van der Waals surface area contributed by atoms with Gasteiger partial charge in [0.25, 0.3) is 5.69 Å². The second kappa shape index (κ2) is 17.5. The van der Waals surface area contributed by atoms with E-state index in [1.54, 1.807) is 25.2 Å². The molecule has 0 saturated heterocycles. The van der Waals surface area contributed by atoms with Crippen LogP contribution in [0.1, 0.15) is 85.0 Å². The molecular formula is C40H56N6O8. The number of hydrogen-bond acceptors (Lipinski definition) is 9. The lowest BCUT2D eigenvalue weighted by Crippen LogP contribution is -2.45. The number of esters is 1. The van der Waals surface area contributed by atoms with E-state index in [1.807, 2.05) is 27.7 Å². The zero-order chi connectivity index (χ0) is 40.1. The van der Waals surface area contributed by atoms with Crippen molar-refractivity contribution >= 4 is 35.0 Å². The maximum Gasteiger partial charge on any atom is 0.415 e. The Balaban J connectivity index is 1.92. The molecule has 1 aromatic carbocycles. The quantitative estimate of drug-likeness (QED) is 0.0961. The van der Waals surface area contributed by atoms with Crippen LogP contribution in [-0.2, 0) is 9.53 Å². The lowest BCUT2D eigenvalue weighted by atomic mass is 9.64. The lowest BCUT2D eigenvalue weighted by Gasteiger charge is -2.45. The second-order valence-corrected chi connectivity index (χ2v) is 15.6. The number of aromatic amines is 1. The van der Waals surface area contributed by atoms with Gasteiger partial charge in [0.1, 0.15) is 17.4 Å². The predicted octanol–water partition coefficient (Wildman–Crippen LogP) is 6.88. The summed E-state index contributed by atoms with van der Waals surface area (Å²) in [5.74, 6) is -0.381. The van der Waals surface area contributed by atoms with Gasteiger partial charge in [-0.3, -0.25) is 9.89 Å². The van der Waals surface area contributed by atoms with Crippen molar-refractivity contribution in [2.24, 2.45) is 29.1 Å². The van der Waals surface area contributed by atoms with Crippen LogP contribution in [0.4, 0.5) is 16.2 Å². The van der Waals surface area contributed by atoms with Crippen LogP contribution >= 0.6 is 0 Å². The van der Waals surface area contributed by atoms with Gasteiger partial charge in [-0.1, -0.05) is 53.2 Å². The van der Waals surface area contributed by atoms with Crippen LogP contribution in [0.25, 0.3) is 21.9 Å². The van der Waals surface area contributed by atoms with Crippen molar-refractivity contribution in [2.75, 3.05) is 45.4 Å². The first-order valence-corrected chi connectivity index (χ1v) is 18.5. The molecule has 54 heavy (non-hydrogen) atoms. The number of ether oxygens (including phenoxy) is 3. The minimum Gasteiger partial charge on any atom is -0.495 e. The Hall–Kier alpha value is -4.87. The van der Waals surface area contributed by atoms with E-state index in [-0.39, 0.29) is 70.8 Å². The third-order valence-corrected chi connectivity index (χ3v) is 10.2. The van der Waals surface area contributed by atoms with E-state index < -0.39 is 31.4 Å². The third-order valence-electron chi connectivity index (χ3n) is 10.2. The molecule has 5 atom stereocenters. The van der Waals surface area contributed by atoms with Gasteiger partial charge in [0.05, 0.1) is 32.6 Å². The first-order valence-electron chi connectivity index (χ1n) is 18.5. The number of allylic oxidation sites excluding steroid dienone is 1. The Morgan fingerprint density at radius 1 is 1.17 bits per heavy atom. The molecule has 14 nitrogen and oxygen atoms in total. The van der Waals surface area contributed by atoms with Gasteiger partial charge in [-0.25, -0.2) is 23.9 Å². The molecule has 2 heterocycles. The summed E-state index contributed by atoms with van der Waals surface area (Å²) < 4.78 is 19.1. The number of nitrogens with one attached hydrogen (secondary N) is 1. The number of anilines is 1. The fourth-order valence-corrected chi connectivity index (χ4v) is 7.24. The highest BCUT2D eigenvalue weighted by Gasteiger charge is 2.44. The number of fused-ring (bicyclic) bond motifs is 1. The van der Waals surface area contributed by atoms with Gasteiger partial charge < -0.3 is 34.2 Å². The number of carbonyl (C=O) groups is 3. The molecule has 1 fully saturated rings. The monoisotopic (exact) mass is 748 g/mol. The van der Waals surface area contributed by atoms with Crippen molar-refractivity contribution in [3.63, 3.8) is 0 Å². The van der Waals surface area contributed by atoms with Crippen molar-refractivity contribution in [3.05, 3.63) is 46.8 Å². The van der Waals surface area contributed by atoms with Crippen molar-refractivity contribution in [3.8, 4) is 23.0 Å². The summed E-state index contributed by atoms with van der Waals surface area (Å²) in [6, 6.07) is 5.15. The molecule has 2 aromatic heterocycles. The molecule has 5 unspecified atom stereocenters. The molecule has 1 saturated carbocycles. The number of hydrogen-bond donors (Lipinski definition) is 3. The van der Waals surface area contributed by atoms with Crippen LogP contribution < -0.4 is 14.4 Å². The summed E-state index contributed by atoms with van der Waals surface area (Å²) in [5, 5.41) is 22.2. The van der Waals surface area contributed by atoms with E-state index >= 15 is 0 Å². The minimum absolute atomic E-state index is 0.00341. The fraction of sp³-hybridized carbons (Fsp3) is 0.575. The third kappa shape index (κ3) is 8.90. The lowest BCUT2D eigenvalue weighted by molar-refractivity contribution is -0.121. The Labute approximate surface area is 317 Å². The van der Waals surface area contributed by atoms with Crippen LogP contribution in [0, 0.1) is 35.7 Å². The zero-order valence-corrected chi connectivity index (χ0v) is 33.2. The Morgan fingerprint density at radius 2 is 1.83 bits per heavy atom. The molecule has 1 aliphatic rings. The van der Waals surface area contributed by atoms with Crippen molar-refractivity contribution in [1.82, 2.24) is 19.5 Å². The number of amides is 2. The Morgan fingerprint density at radius 3 is 2.39 bits per heavy atom. The summed E-state index contributed by atoms with van der Waals surface area (Å²) in [5.41, 5.74) is 1.44. The second-order valence-electron chi connectivity index (χ2n) is 15.6. The maximum absolute atomic E-state index is 14.5. The van der Waals surface area contributed by atoms with E-state index in [4.69, 9.17) is 25.8 Å². The molecule has 2 amide bonds. The maximum atomic E-state index is 14.5. The number of carbonyl (C=O) groups excluding carboxylic acids is 3. The van der Waals surface area contributed by atoms with Gasteiger partial charge in [0, 0.05) is 43.5 Å². The smallest absolute Gasteiger partial charge is 0.415 e. The van der Waals surface area contributed by atoms with Crippen LogP contribution in [0.5, 0.6) is 11.6 Å². The largest absolute Gasteiger partial charge is 0.495 e. The number of methoxy groups -OCH3 is 1. The van der Waals surface area contributed by atoms with Crippen molar-refractivity contribution in [1.29, 1.82) is 0 Å². The molecular weight excluding hydrogens is 692 g/mol. The molecule has 0 spiro atoms. The van der Waals surface area contributed by atoms with E-state index in [9.17, 15) is 24.6 Å². The summed E-state index contributed by atoms with van der Waals surface area (Å²) in [6.07, 6.45) is 3.02. The highest BCUT2D eigenvalue weighted by molar-refractivity contribution is 6.05. The molecule has 1 aliphatic carbocycles. The van der Waals surface area contributed by atoms with Crippen LogP contribution in [0.2, 0.25) is 0 Å². The normalized spacial score (nSPS) is 19.1. The van der Waals surface area contributed by atoms with E-state index in [2.05, 4.69) is 43.7 Å². The van der Waals surface area contributed by atoms with E-state index in [1.165, 1.54) is 16.5 Å². The standard InChI is InChI=1S/C40H56N6O8/c1-12-25(5)36(49)44(10)29-22-26(13-14-30(29)52-11)34-42-35-31(32(41-9)37(46(35)43-34)54-39(51)45(15-17-47)16-18-48)38(50)53-33-27(19-23(2)3)20-24(4)21-28(33)40(6,7)8/h13-14,19,22,24-25,27-28,33,47-48H,12,15-18,20-21H2,1-8,10-11H3,(H,42,43). The average Bonchev–Trinajstić information content (AvgIpc) is 3.67. The van der Waals surface area contributed by atoms with Gasteiger partial charge in [-0.15, -0.1) is 0 Å². The highest BCUT2D eigenvalue weighted by atomic mass is 16.6. The summed E-state index contributed by atoms with van der Waals surface area (Å²) >= 11 is 0. The first kappa shape index (κ1) is 41.9. The molecule has 0 radical (unpaired) electrons. The van der Waals surface area contributed by atoms with Crippen molar-refractivity contribution < 1.29 is 38.8 Å². The Bertz CT molecular complexity index is 1890. The predicted molar refractivity (Wildman–Crippen MR) is 206 cm³/mol. The van der Waals surface area contributed by atoms with Gasteiger partial charge in [-0.2, -0.15) is 0 Å². The number of benzene rings is 1. The zero-order valence-electron chi connectivity index (χ0n) is 33.2. The first-order chi connectivity index (χ1) is 25.5. The van der Waals surface area contributed by atoms with Crippen molar-refractivity contribution in [2.45, 2.75) is 80.8 Å². The summed E-state index contributed by atoms with van der Waals surface area (Å²) in [4.78, 5) is 52.2. The summed E-state index contributed by atoms with van der Waals surface area (Å²) in [7, 11) is 3.18. The Kier molecular flexibility index (Phi) is 13.6. The van der Waals surface area contributed by atoms with E-state index in [0.717, 1.165) is 23.3 Å². The molecule has 294 valence electrons. The van der Waals surface area contributed by atoms with Gasteiger partial charge in [0.15, 0.2) is 11.5 Å². The highest BCUT2D eigenvalue weighted by Crippen LogP contribution is 2.47. The van der Waals surface area contributed by atoms with E-state index in [0.29, 0.717) is 29.3 Å². The minimum atomic E-state index is -0.951. The fourth-order valence-electron chi connectivity index (χ4n) is 7.24. The van der Waals surface area contributed by atoms with Crippen LogP contribution in [-0.4, -0.2) is 94.2 Å². The number of aromatic nitrogens is 3. The molecule has 3 N–H and O–H groups in total. The number of aliphatic hydroxyl groups is 2. The SMILES string of the molecule is [C-]#[N+]c1c(C(=O)OC2C(C=C(C)C)CC(C)CC2C(C)(C)C)c2nc(-c3ccc(OC)c(N(C)C(=O)C(C)CC)c3)[nH]n2c1OC(=O)N(CCO)CCO. The molecule has 0 bridgehead atoms. The molecule has 14 heteroatoms. The molecule has 4 rings (SSSR count). The number of aliphatic hydroxyl groups excluding tert-OH is 2.